The van der Waals surface area contributed by atoms with Gasteiger partial charge in [-0.15, -0.1) is 0 Å². The standard InChI is InChI=1S/C5H10N2O/c1-2-7-5(8)3-4-6/h2H,1,3-4,6H2,(H,7,8). The van der Waals surface area contributed by atoms with E-state index in [0.717, 1.165) is 0 Å². The van der Waals surface area contributed by atoms with Crippen LogP contribution in [0.25, 0.3) is 0 Å². The predicted molar refractivity (Wildman–Crippen MR) is 32.0 cm³/mol. The van der Waals surface area contributed by atoms with Gasteiger partial charge in [-0.25, -0.2) is 0 Å². The summed E-state index contributed by atoms with van der Waals surface area (Å²) in [5.74, 6) is -0.0810. The van der Waals surface area contributed by atoms with E-state index >= 15 is 0 Å². The average molecular weight is 114 g/mol. The quantitative estimate of drug-likeness (QED) is 0.524. The zero-order chi connectivity index (χ0) is 6.41. The molecule has 0 aromatic rings. The molecule has 3 nitrogen and oxygen atoms in total. The van der Waals surface area contributed by atoms with Gasteiger partial charge in [-0.2, -0.15) is 0 Å². The van der Waals surface area contributed by atoms with Crippen LogP contribution in [-0.2, 0) is 4.79 Å². The van der Waals surface area contributed by atoms with Crippen LogP contribution in [0.15, 0.2) is 12.8 Å². The lowest BCUT2D eigenvalue weighted by Gasteiger charge is -1.93. The Morgan fingerprint density at radius 3 is 2.88 bits per heavy atom. The van der Waals surface area contributed by atoms with Crippen molar-refractivity contribution in [3.05, 3.63) is 12.8 Å². The van der Waals surface area contributed by atoms with Crippen molar-refractivity contribution in [2.24, 2.45) is 5.73 Å². The van der Waals surface area contributed by atoms with Crippen molar-refractivity contribution < 1.29 is 4.79 Å². The molecule has 0 saturated carbocycles. The fourth-order valence-electron chi connectivity index (χ4n) is 0.317. The van der Waals surface area contributed by atoms with Crippen LogP contribution in [-0.4, -0.2) is 12.5 Å². The molecule has 0 bridgehead atoms. The first-order valence-electron chi connectivity index (χ1n) is 2.41. The van der Waals surface area contributed by atoms with E-state index in [1.807, 2.05) is 0 Å². The van der Waals surface area contributed by atoms with Crippen LogP contribution in [0.2, 0.25) is 0 Å². The summed E-state index contributed by atoms with van der Waals surface area (Å²) in [4.78, 5) is 10.4. The smallest absolute Gasteiger partial charge is 0.225 e. The van der Waals surface area contributed by atoms with Gasteiger partial charge in [0.15, 0.2) is 0 Å². The van der Waals surface area contributed by atoms with E-state index in [9.17, 15) is 4.79 Å². The molecule has 0 unspecified atom stereocenters. The Morgan fingerprint density at radius 2 is 2.50 bits per heavy atom. The molecule has 0 saturated heterocycles. The van der Waals surface area contributed by atoms with Crippen LogP contribution in [0, 0.1) is 0 Å². The number of rotatable bonds is 3. The van der Waals surface area contributed by atoms with Crippen LogP contribution in [0.5, 0.6) is 0 Å². The van der Waals surface area contributed by atoms with Gasteiger partial charge >= 0.3 is 0 Å². The maximum atomic E-state index is 10.4. The van der Waals surface area contributed by atoms with Crippen LogP contribution in [0.4, 0.5) is 0 Å². The van der Waals surface area contributed by atoms with Gasteiger partial charge in [0.05, 0.1) is 0 Å². The van der Waals surface area contributed by atoms with E-state index in [2.05, 4.69) is 11.9 Å². The van der Waals surface area contributed by atoms with E-state index in [1.54, 1.807) is 0 Å². The molecule has 0 atom stereocenters. The summed E-state index contributed by atoms with van der Waals surface area (Å²) in [7, 11) is 0. The highest BCUT2D eigenvalue weighted by Crippen LogP contribution is 1.71. The number of nitrogens with two attached hydrogens (primary N) is 1. The van der Waals surface area contributed by atoms with E-state index < -0.39 is 0 Å². The van der Waals surface area contributed by atoms with Gasteiger partial charge in [0.25, 0.3) is 0 Å². The van der Waals surface area contributed by atoms with Gasteiger partial charge in [-0.3, -0.25) is 4.79 Å². The summed E-state index contributed by atoms with van der Waals surface area (Å²) in [6.07, 6.45) is 1.71. The number of hydrogen-bond donors (Lipinski definition) is 2. The minimum atomic E-state index is -0.0810. The Bertz CT molecular complexity index is 90.4. The topological polar surface area (TPSA) is 55.1 Å². The normalized spacial score (nSPS) is 8.12. The highest BCUT2D eigenvalue weighted by atomic mass is 16.1. The lowest BCUT2D eigenvalue weighted by molar-refractivity contribution is -0.119. The lowest BCUT2D eigenvalue weighted by Crippen LogP contribution is -2.19. The molecule has 1 amide bonds. The molecular formula is C5H10N2O. The van der Waals surface area contributed by atoms with E-state index in [0.29, 0.717) is 13.0 Å². The second-order valence-corrected chi connectivity index (χ2v) is 1.31. The van der Waals surface area contributed by atoms with Gasteiger partial charge in [-0.05, 0) is 6.20 Å². The molecule has 46 valence electrons. The third kappa shape index (κ3) is 3.36. The van der Waals surface area contributed by atoms with Crippen molar-refractivity contribution in [2.45, 2.75) is 6.42 Å². The van der Waals surface area contributed by atoms with Crippen molar-refractivity contribution in [3.63, 3.8) is 0 Å². The number of carbonyl (C=O) groups excluding carboxylic acids is 1. The molecule has 0 radical (unpaired) electrons. The molecule has 0 aliphatic carbocycles. The summed E-state index contributed by atoms with van der Waals surface area (Å²) in [6.45, 7) is 3.70. The first kappa shape index (κ1) is 7.17. The Morgan fingerprint density at radius 1 is 1.88 bits per heavy atom. The summed E-state index contributed by atoms with van der Waals surface area (Å²) in [5, 5.41) is 2.39. The van der Waals surface area contributed by atoms with Crippen molar-refractivity contribution in [3.8, 4) is 0 Å². The van der Waals surface area contributed by atoms with E-state index in [1.165, 1.54) is 6.20 Å². The number of nitrogens with one attached hydrogen (secondary N) is 1. The van der Waals surface area contributed by atoms with Gasteiger partial charge in [0, 0.05) is 13.0 Å². The third-order valence-corrected chi connectivity index (χ3v) is 0.634. The molecule has 0 aromatic heterocycles. The number of carbonyl (C=O) groups is 1. The largest absolute Gasteiger partial charge is 0.333 e. The van der Waals surface area contributed by atoms with Crippen LogP contribution in [0.1, 0.15) is 6.42 Å². The zero-order valence-corrected chi connectivity index (χ0v) is 4.68. The highest BCUT2D eigenvalue weighted by molar-refractivity contribution is 5.76. The van der Waals surface area contributed by atoms with Crippen LogP contribution >= 0.6 is 0 Å². The maximum Gasteiger partial charge on any atom is 0.225 e. The monoisotopic (exact) mass is 114 g/mol. The maximum absolute atomic E-state index is 10.4. The third-order valence-electron chi connectivity index (χ3n) is 0.634. The first-order valence-corrected chi connectivity index (χ1v) is 2.41. The Labute approximate surface area is 48.6 Å². The predicted octanol–water partition coefficient (Wildman–Crippen LogP) is -0.405. The summed E-state index contributed by atoms with van der Waals surface area (Å²) < 4.78 is 0. The minimum absolute atomic E-state index is 0.0810. The zero-order valence-electron chi connectivity index (χ0n) is 4.68. The second-order valence-electron chi connectivity index (χ2n) is 1.31. The van der Waals surface area contributed by atoms with E-state index in [4.69, 9.17) is 5.73 Å². The molecule has 0 aliphatic rings. The van der Waals surface area contributed by atoms with E-state index in [-0.39, 0.29) is 5.91 Å². The van der Waals surface area contributed by atoms with Crippen LogP contribution < -0.4 is 11.1 Å². The molecule has 3 N–H and O–H groups in total. The van der Waals surface area contributed by atoms with Crippen molar-refractivity contribution >= 4 is 5.91 Å². The fourth-order valence-corrected chi connectivity index (χ4v) is 0.317. The first-order chi connectivity index (χ1) is 3.81. The molecule has 0 spiro atoms. The Kier molecular flexibility index (Phi) is 3.88. The van der Waals surface area contributed by atoms with Gasteiger partial charge < -0.3 is 11.1 Å². The summed E-state index contributed by atoms with van der Waals surface area (Å²) >= 11 is 0. The van der Waals surface area contributed by atoms with Crippen LogP contribution in [0.3, 0.4) is 0 Å². The van der Waals surface area contributed by atoms with Crippen molar-refractivity contribution in [1.82, 2.24) is 5.32 Å². The number of hydrogen-bond acceptors (Lipinski definition) is 2. The molecule has 0 aromatic carbocycles. The Hall–Kier alpha value is -0.830. The summed E-state index contributed by atoms with van der Waals surface area (Å²) in [5.41, 5.74) is 5.06. The van der Waals surface area contributed by atoms with Gasteiger partial charge in [0.1, 0.15) is 0 Å². The van der Waals surface area contributed by atoms with Gasteiger partial charge in [0.2, 0.25) is 5.91 Å². The second kappa shape index (κ2) is 4.33. The molecule has 3 heteroatoms. The lowest BCUT2D eigenvalue weighted by atomic mass is 10.4. The molecular weight excluding hydrogens is 104 g/mol. The SMILES string of the molecule is C=CNC(=O)CCN. The number of amides is 1. The van der Waals surface area contributed by atoms with Crippen molar-refractivity contribution in [1.29, 1.82) is 0 Å². The molecule has 0 heterocycles. The van der Waals surface area contributed by atoms with Gasteiger partial charge in [-0.1, -0.05) is 6.58 Å². The fraction of sp³-hybridized carbons (Fsp3) is 0.400. The van der Waals surface area contributed by atoms with Crippen molar-refractivity contribution in [2.75, 3.05) is 6.54 Å². The molecule has 0 aliphatic heterocycles. The highest BCUT2D eigenvalue weighted by Gasteiger charge is 1.91. The summed E-state index contributed by atoms with van der Waals surface area (Å²) in [6, 6.07) is 0. The Balaban J connectivity index is 3.18. The molecule has 8 heavy (non-hydrogen) atoms. The minimum Gasteiger partial charge on any atom is -0.333 e. The molecule has 0 fully saturated rings. The average Bonchev–Trinajstić information content (AvgIpc) is 1.68. The molecule has 0 rings (SSSR count).